The van der Waals surface area contributed by atoms with Gasteiger partial charge in [-0.05, 0) is 59.3 Å². The van der Waals surface area contributed by atoms with Crippen LogP contribution in [0.2, 0.25) is 0 Å². The van der Waals surface area contributed by atoms with Crippen LogP contribution in [-0.2, 0) is 9.53 Å². The van der Waals surface area contributed by atoms with Crippen LogP contribution >= 0.6 is 15.9 Å². The number of hydrogen-bond acceptors (Lipinski definition) is 4. The second-order valence-electron chi connectivity index (χ2n) is 6.78. The quantitative estimate of drug-likeness (QED) is 0.744. The molecule has 1 amide bonds. The van der Waals surface area contributed by atoms with E-state index >= 15 is 0 Å². The van der Waals surface area contributed by atoms with Crippen LogP contribution in [0, 0.1) is 11.8 Å². The second-order valence-corrected chi connectivity index (χ2v) is 7.63. The molecule has 5 nitrogen and oxygen atoms in total. The number of methoxy groups -OCH3 is 1. The molecule has 0 saturated heterocycles. The van der Waals surface area contributed by atoms with Crippen LogP contribution in [0.5, 0.6) is 5.75 Å². The summed E-state index contributed by atoms with van der Waals surface area (Å²) in [5, 5.41) is 3.04. The number of carbonyl (C=O) groups excluding carboxylic acids is 2. The molecule has 0 spiro atoms. The summed E-state index contributed by atoms with van der Waals surface area (Å²) in [7, 11) is 1.53. The molecule has 1 saturated carbocycles. The van der Waals surface area contributed by atoms with Crippen molar-refractivity contribution < 1.29 is 19.1 Å². The van der Waals surface area contributed by atoms with Crippen LogP contribution in [0.1, 0.15) is 50.4 Å². The third kappa shape index (κ3) is 4.97. The number of halogens is 1. The van der Waals surface area contributed by atoms with Gasteiger partial charge < -0.3 is 14.8 Å². The number of ether oxygens (including phenoxy) is 2. The largest absolute Gasteiger partial charge is 0.497 e. The third-order valence-corrected chi connectivity index (χ3v) is 5.77. The molecule has 1 aromatic rings. The smallest absolute Gasteiger partial charge is 0.340 e. The Morgan fingerprint density at radius 1 is 1.28 bits per heavy atom. The lowest BCUT2D eigenvalue weighted by Gasteiger charge is -2.35. The molecule has 2 rings (SSSR count). The lowest BCUT2D eigenvalue weighted by Crippen LogP contribution is -2.47. The first kappa shape index (κ1) is 19.8. The third-order valence-electron chi connectivity index (χ3n) is 5.08. The molecule has 1 aliphatic carbocycles. The summed E-state index contributed by atoms with van der Waals surface area (Å²) < 4.78 is 11.1. The molecule has 4 atom stereocenters. The molecule has 1 aliphatic rings. The van der Waals surface area contributed by atoms with Gasteiger partial charge in [-0.15, -0.1) is 0 Å². The van der Waals surface area contributed by atoms with Gasteiger partial charge in [-0.3, -0.25) is 4.79 Å². The van der Waals surface area contributed by atoms with E-state index in [9.17, 15) is 9.59 Å². The molecular weight excluding hydrogens is 386 g/mol. The second kappa shape index (κ2) is 8.70. The van der Waals surface area contributed by atoms with E-state index in [0.29, 0.717) is 27.6 Å². The zero-order valence-corrected chi connectivity index (χ0v) is 16.8. The van der Waals surface area contributed by atoms with Gasteiger partial charge in [0.05, 0.1) is 12.7 Å². The summed E-state index contributed by atoms with van der Waals surface area (Å²) in [4.78, 5) is 24.8. The van der Waals surface area contributed by atoms with Gasteiger partial charge in [-0.2, -0.15) is 0 Å². The number of esters is 1. The number of hydrogen-bond donors (Lipinski definition) is 1. The molecule has 138 valence electrons. The molecule has 0 bridgehead atoms. The molecule has 0 aliphatic heterocycles. The minimum Gasteiger partial charge on any atom is -0.497 e. The highest BCUT2D eigenvalue weighted by molar-refractivity contribution is 9.10. The minimum absolute atomic E-state index is 0.140. The van der Waals surface area contributed by atoms with E-state index in [1.807, 2.05) is 0 Å². The Balaban J connectivity index is 1.97. The van der Waals surface area contributed by atoms with E-state index in [1.54, 1.807) is 25.1 Å². The van der Waals surface area contributed by atoms with Crippen molar-refractivity contribution in [3.63, 3.8) is 0 Å². The van der Waals surface area contributed by atoms with Gasteiger partial charge in [0.25, 0.3) is 5.91 Å². The summed E-state index contributed by atoms with van der Waals surface area (Å²) in [5.41, 5.74) is 0.332. The van der Waals surface area contributed by atoms with Crippen molar-refractivity contribution in [1.82, 2.24) is 5.32 Å². The van der Waals surface area contributed by atoms with Crippen LogP contribution in [0.15, 0.2) is 22.7 Å². The lowest BCUT2D eigenvalue weighted by atomic mass is 9.78. The number of rotatable bonds is 5. The average Bonchev–Trinajstić information content (AvgIpc) is 2.59. The summed E-state index contributed by atoms with van der Waals surface area (Å²) in [6, 6.07) is 5.18. The normalized spacial score (nSPS) is 24.3. The highest BCUT2D eigenvalue weighted by Gasteiger charge is 2.30. The van der Waals surface area contributed by atoms with Crippen LogP contribution in [0.25, 0.3) is 0 Å². The fourth-order valence-electron chi connectivity index (χ4n) is 3.15. The highest BCUT2D eigenvalue weighted by atomic mass is 79.9. The maximum absolute atomic E-state index is 12.4. The molecule has 25 heavy (non-hydrogen) atoms. The first-order chi connectivity index (χ1) is 11.8. The van der Waals surface area contributed by atoms with Crippen molar-refractivity contribution in [2.45, 2.75) is 52.2 Å². The van der Waals surface area contributed by atoms with E-state index in [4.69, 9.17) is 9.47 Å². The Kier molecular flexibility index (Phi) is 6.87. The molecular formula is C19H26BrNO4. The van der Waals surface area contributed by atoms with Crippen molar-refractivity contribution in [2.75, 3.05) is 7.11 Å². The summed E-state index contributed by atoms with van der Waals surface area (Å²) in [5.74, 6) is 0.756. The average molecular weight is 412 g/mol. The molecule has 1 N–H and O–H groups in total. The number of nitrogens with one attached hydrogen (secondary N) is 1. The van der Waals surface area contributed by atoms with E-state index in [1.165, 1.54) is 13.5 Å². The van der Waals surface area contributed by atoms with Crippen LogP contribution in [0.4, 0.5) is 0 Å². The van der Waals surface area contributed by atoms with E-state index in [-0.39, 0.29) is 11.9 Å². The topological polar surface area (TPSA) is 64.6 Å². The fourth-order valence-corrected chi connectivity index (χ4v) is 3.56. The molecule has 0 heterocycles. The Morgan fingerprint density at radius 3 is 2.68 bits per heavy atom. The van der Waals surface area contributed by atoms with Crippen LogP contribution in [-0.4, -0.2) is 31.1 Å². The Labute approximate surface area is 157 Å². The van der Waals surface area contributed by atoms with Crippen molar-refractivity contribution in [3.05, 3.63) is 28.2 Å². The number of benzene rings is 1. The first-order valence-corrected chi connectivity index (χ1v) is 9.47. The van der Waals surface area contributed by atoms with E-state index < -0.39 is 12.1 Å². The summed E-state index contributed by atoms with van der Waals surface area (Å²) in [6.07, 6.45) is 2.43. The standard InChI is InChI=1S/C19H26BrNO4/c1-11-6-5-7-17(12(11)2)21-18(22)13(3)25-19(23)15-10-14(24-4)8-9-16(15)20/h8-13,17H,5-7H2,1-4H3,(H,21,22)/t11-,12+,13+,17+/m0/s1. The molecule has 0 aromatic heterocycles. The number of carbonyl (C=O) groups is 2. The first-order valence-electron chi connectivity index (χ1n) is 8.68. The zero-order valence-electron chi connectivity index (χ0n) is 15.2. The minimum atomic E-state index is -0.852. The Morgan fingerprint density at radius 2 is 2.00 bits per heavy atom. The predicted molar refractivity (Wildman–Crippen MR) is 99.7 cm³/mol. The highest BCUT2D eigenvalue weighted by Crippen LogP contribution is 2.29. The van der Waals surface area contributed by atoms with Crippen molar-refractivity contribution >= 4 is 27.8 Å². The Hall–Kier alpha value is -1.56. The van der Waals surface area contributed by atoms with E-state index in [0.717, 1.165) is 12.8 Å². The number of amides is 1. The summed E-state index contributed by atoms with van der Waals surface area (Å²) in [6.45, 7) is 5.98. The van der Waals surface area contributed by atoms with Gasteiger partial charge in [0, 0.05) is 10.5 Å². The molecule has 0 unspecified atom stereocenters. The maximum Gasteiger partial charge on any atom is 0.340 e. The van der Waals surface area contributed by atoms with Gasteiger partial charge in [-0.1, -0.05) is 26.7 Å². The van der Waals surface area contributed by atoms with Crippen LogP contribution in [0.3, 0.4) is 0 Å². The molecule has 6 heteroatoms. The van der Waals surface area contributed by atoms with Crippen LogP contribution < -0.4 is 10.1 Å². The van der Waals surface area contributed by atoms with Crippen molar-refractivity contribution in [1.29, 1.82) is 0 Å². The molecule has 1 aromatic carbocycles. The monoisotopic (exact) mass is 411 g/mol. The van der Waals surface area contributed by atoms with Gasteiger partial charge in [-0.25, -0.2) is 4.79 Å². The van der Waals surface area contributed by atoms with Gasteiger partial charge in [0.15, 0.2) is 6.10 Å². The van der Waals surface area contributed by atoms with E-state index in [2.05, 4.69) is 35.1 Å². The van der Waals surface area contributed by atoms with Crippen molar-refractivity contribution in [3.8, 4) is 5.75 Å². The summed E-state index contributed by atoms with van der Waals surface area (Å²) >= 11 is 3.32. The Bertz CT molecular complexity index is 634. The van der Waals surface area contributed by atoms with Gasteiger partial charge in [0.1, 0.15) is 5.75 Å². The van der Waals surface area contributed by atoms with Gasteiger partial charge in [0.2, 0.25) is 0 Å². The van der Waals surface area contributed by atoms with Gasteiger partial charge >= 0.3 is 5.97 Å². The maximum atomic E-state index is 12.4. The predicted octanol–water partition coefficient (Wildman–Crippen LogP) is 3.94. The molecule has 1 fully saturated rings. The SMILES string of the molecule is COc1ccc(Br)c(C(=O)O[C@H](C)C(=O)N[C@@H]2CCC[C@H](C)[C@H]2C)c1. The lowest BCUT2D eigenvalue weighted by molar-refractivity contribution is -0.130. The fraction of sp³-hybridized carbons (Fsp3) is 0.579. The zero-order chi connectivity index (χ0) is 18.6. The van der Waals surface area contributed by atoms with Crippen molar-refractivity contribution in [2.24, 2.45) is 11.8 Å². The molecule has 0 radical (unpaired) electrons.